The lowest BCUT2D eigenvalue weighted by Gasteiger charge is -2.20. The third kappa shape index (κ3) is 5.16. The molecule has 0 bridgehead atoms. The zero-order chi connectivity index (χ0) is 24.5. The van der Waals surface area contributed by atoms with E-state index in [2.05, 4.69) is 15.3 Å². The number of halogens is 4. The fourth-order valence-electron chi connectivity index (χ4n) is 3.81. The maximum absolute atomic E-state index is 14.5. The SMILES string of the molecule is COCC(Oc1cc2c(NCc3cccc(C(F)(F)F)c3F)nc(C)nc2cc1OC)C1CC1. The number of benzene rings is 2. The second kappa shape index (κ2) is 9.61. The Labute approximate surface area is 194 Å². The standard InChI is InChI=1S/C24H25F4N3O3/c1-13-30-18-10-19(33-3)20(34-21(12-32-2)14-7-8-14)9-16(18)23(31-13)29-11-15-5-4-6-17(22(15)25)24(26,27)28/h4-6,9-10,14,21H,7-8,11-12H2,1-3H3,(H,29,30,31). The van der Waals surface area contributed by atoms with E-state index in [-0.39, 0.29) is 18.2 Å². The molecule has 0 aliphatic heterocycles. The molecule has 1 heterocycles. The molecule has 1 atom stereocenters. The van der Waals surface area contributed by atoms with Crippen LogP contribution in [0.3, 0.4) is 0 Å². The smallest absolute Gasteiger partial charge is 0.419 e. The molecule has 182 valence electrons. The van der Waals surface area contributed by atoms with E-state index in [9.17, 15) is 17.6 Å². The topological polar surface area (TPSA) is 65.5 Å². The Morgan fingerprint density at radius 2 is 1.88 bits per heavy atom. The summed E-state index contributed by atoms with van der Waals surface area (Å²) in [6.07, 6.45) is -2.80. The zero-order valence-electron chi connectivity index (χ0n) is 19.0. The Morgan fingerprint density at radius 1 is 1.12 bits per heavy atom. The molecule has 1 aliphatic rings. The van der Waals surface area contributed by atoms with Gasteiger partial charge in [-0.1, -0.05) is 12.1 Å². The molecule has 1 saturated carbocycles. The van der Waals surface area contributed by atoms with Gasteiger partial charge in [0.2, 0.25) is 0 Å². The van der Waals surface area contributed by atoms with Gasteiger partial charge >= 0.3 is 6.18 Å². The molecule has 1 fully saturated rings. The van der Waals surface area contributed by atoms with Crippen molar-refractivity contribution in [3.8, 4) is 11.5 Å². The highest BCUT2D eigenvalue weighted by atomic mass is 19.4. The van der Waals surface area contributed by atoms with Crippen molar-refractivity contribution in [2.24, 2.45) is 5.92 Å². The van der Waals surface area contributed by atoms with Crippen LogP contribution in [0.15, 0.2) is 30.3 Å². The summed E-state index contributed by atoms with van der Waals surface area (Å²) in [5.74, 6) is 0.838. The Kier molecular flexibility index (Phi) is 6.79. The number of aryl methyl sites for hydroxylation is 1. The number of nitrogens with one attached hydrogen (secondary N) is 1. The van der Waals surface area contributed by atoms with Gasteiger partial charge in [-0.2, -0.15) is 13.2 Å². The second-order valence-electron chi connectivity index (χ2n) is 8.22. The summed E-state index contributed by atoms with van der Waals surface area (Å²) in [5.41, 5.74) is -0.878. The number of ether oxygens (including phenoxy) is 3. The van der Waals surface area contributed by atoms with Crippen LogP contribution in [0.5, 0.6) is 11.5 Å². The average Bonchev–Trinajstić information content (AvgIpc) is 3.62. The summed E-state index contributed by atoms with van der Waals surface area (Å²) in [6.45, 7) is 1.92. The first-order valence-electron chi connectivity index (χ1n) is 10.8. The lowest BCUT2D eigenvalue weighted by Crippen LogP contribution is -2.25. The van der Waals surface area contributed by atoms with Gasteiger partial charge in [0.25, 0.3) is 0 Å². The Bertz CT molecular complexity index is 1180. The van der Waals surface area contributed by atoms with E-state index in [4.69, 9.17) is 14.2 Å². The molecule has 2 aromatic carbocycles. The molecule has 0 saturated heterocycles. The quantitative estimate of drug-likeness (QED) is 0.408. The lowest BCUT2D eigenvalue weighted by atomic mass is 10.1. The van der Waals surface area contributed by atoms with Gasteiger partial charge in [0.1, 0.15) is 23.6 Å². The predicted octanol–water partition coefficient (Wildman–Crippen LogP) is 5.52. The van der Waals surface area contributed by atoms with Crippen molar-refractivity contribution in [3.63, 3.8) is 0 Å². The number of nitrogens with zero attached hydrogens (tertiary/aromatic N) is 2. The molecule has 1 aromatic heterocycles. The summed E-state index contributed by atoms with van der Waals surface area (Å²) in [5, 5.41) is 3.53. The molecular formula is C24H25F4N3O3. The maximum Gasteiger partial charge on any atom is 0.419 e. The highest BCUT2D eigenvalue weighted by molar-refractivity contribution is 5.91. The van der Waals surface area contributed by atoms with Gasteiger partial charge in [-0.15, -0.1) is 0 Å². The molecule has 0 spiro atoms. The molecule has 1 unspecified atom stereocenters. The van der Waals surface area contributed by atoms with Crippen LogP contribution in [-0.4, -0.2) is 36.9 Å². The Morgan fingerprint density at radius 3 is 2.53 bits per heavy atom. The van der Waals surface area contributed by atoms with Gasteiger partial charge in [0.15, 0.2) is 11.5 Å². The van der Waals surface area contributed by atoms with E-state index in [1.807, 2.05) is 0 Å². The molecule has 3 aromatic rings. The number of rotatable bonds is 9. The summed E-state index contributed by atoms with van der Waals surface area (Å²) in [6, 6.07) is 6.64. The van der Waals surface area contributed by atoms with E-state index in [1.54, 1.807) is 26.2 Å². The monoisotopic (exact) mass is 479 g/mol. The number of anilines is 1. The fourth-order valence-corrected chi connectivity index (χ4v) is 3.81. The van der Waals surface area contributed by atoms with Crippen molar-refractivity contribution in [1.29, 1.82) is 0 Å². The summed E-state index contributed by atoms with van der Waals surface area (Å²) >= 11 is 0. The highest BCUT2D eigenvalue weighted by Crippen LogP contribution is 2.40. The first-order chi connectivity index (χ1) is 16.2. The van der Waals surface area contributed by atoms with Crippen LogP contribution in [-0.2, 0) is 17.5 Å². The first-order valence-corrected chi connectivity index (χ1v) is 10.8. The third-order valence-corrected chi connectivity index (χ3v) is 5.68. The van der Waals surface area contributed by atoms with Crippen molar-refractivity contribution < 1.29 is 31.8 Å². The largest absolute Gasteiger partial charge is 0.493 e. The number of fused-ring (bicyclic) bond motifs is 1. The molecular weight excluding hydrogens is 454 g/mol. The fraction of sp³-hybridized carbons (Fsp3) is 0.417. The minimum Gasteiger partial charge on any atom is -0.493 e. The van der Waals surface area contributed by atoms with Crippen LogP contribution in [0.4, 0.5) is 23.4 Å². The lowest BCUT2D eigenvalue weighted by molar-refractivity contribution is -0.140. The molecule has 0 amide bonds. The Hall–Kier alpha value is -3.14. The number of methoxy groups -OCH3 is 2. The molecule has 1 N–H and O–H groups in total. The predicted molar refractivity (Wildman–Crippen MR) is 119 cm³/mol. The van der Waals surface area contributed by atoms with Crippen molar-refractivity contribution in [2.45, 2.75) is 38.6 Å². The first kappa shape index (κ1) is 24.0. The molecule has 34 heavy (non-hydrogen) atoms. The van der Waals surface area contributed by atoms with E-state index in [0.29, 0.717) is 46.6 Å². The Balaban J connectivity index is 1.67. The molecule has 6 nitrogen and oxygen atoms in total. The summed E-state index contributed by atoms with van der Waals surface area (Å²) < 4.78 is 70.7. The van der Waals surface area contributed by atoms with Crippen LogP contribution < -0.4 is 14.8 Å². The van der Waals surface area contributed by atoms with Crippen molar-refractivity contribution in [2.75, 3.05) is 26.1 Å². The number of aromatic nitrogens is 2. The molecule has 4 rings (SSSR count). The van der Waals surface area contributed by atoms with E-state index in [0.717, 1.165) is 18.9 Å². The van der Waals surface area contributed by atoms with Gasteiger partial charge in [-0.3, -0.25) is 0 Å². The van der Waals surface area contributed by atoms with Gasteiger partial charge in [-0.25, -0.2) is 14.4 Å². The van der Waals surface area contributed by atoms with E-state index >= 15 is 0 Å². The maximum atomic E-state index is 14.5. The normalized spacial score (nSPS) is 14.8. The van der Waals surface area contributed by atoms with Crippen molar-refractivity contribution >= 4 is 16.7 Å². The van der Waals surface area contributed by atoms with Crippen molar-refractivity contribution in [3.05, 3.63) is 53.1 Å². The average molecular weight is 479 g/mol. The molecule has 0 radical (unpaired) electrons. The van der Waals surface area contributed by atoms with Crippen LogP contribution >= 0.6 is 0 Å². The van der Waals surface area contributed by atoms with Crippen molar-refractivity contribution in [1.82, 2.24) is 9.97 Å². The van der Waals surface area contributed by atoms with Crippen LogP contribution in [0.25, 0.3) is 10.9 Å². The second-order valence-corrected chi connectivity index (χ2v) is 8.22. The highest BCUT2D eigenvalue weighted by Gasteiger charge is 2.35. The summed E-state index contributed by atoms with van der Waals surface area (Å²) in [7, 11) is 3.14. The number of hydrogen-bond acceptors (Lipinski definition) is 6. The molecule has 10 heteroatoms. The van der Waals surface area contributed by atoms with E-state index < -0.39 is 17.6 Å². The zero-order valence-corrected chi connectivity index (χ0v) is 19.0. The number of alkyl halides is 3. The van der Waals surface area contributed by atoms with Gasteiger partial charge in [-0.05, 0) is 37.8 Å². The molecule has 1 aliphatic carbocycles. The minimum atomic E-state index is -4.78. The van der Waals surface area contributed by atoms with Gasteiger partial charge in [0.05, 0.1) is 24.8 Å². The van der Waals surface area contributed by atoms with Crippen LogP contribution in [0, 0.1) is 18.7 Å². The van der Waals surface area contributed by atoms with Gasteiger partial charge in [0, 0.05) is 30.7 Å². The van der Waals surface area contributed by atoms with Crippen LogP contribution in [0.2, 0.25) is 0 Å². The minimum absolute atomic E-state index is 0.127. The number of hydrogen-bond donors (Lipinski definition) is 1. The summed E-state index contributed by atoms with van der Waals surface area (Å²) in [4.78, 5) is 8.82. The third-order valence-electron chi connectivity index (χ3n) is 5.68. The van der Waals surface area contributed by atoms with E-state index in [1.165, 1.54) is 19.2 Å². The van der Waals surface area contributed by atoms with Gasteiger partial charge < -0.3 is 19.5 Å². The van der Waals surface area contributed by atoms with Crippen LogP contribution in [0.1, 0.15) is 29.8 Å².